The fraction of sp³-hybridized carbons (Fsp3) is 0.0909. The molecule has 2 aromatic heterocycles. The summed E-state index contributed by atoms with van der Waals surface area (Å²) < 4.78 is 0.495. The predicted octanol–water partition coefficient (Wildman–Crippen LogP) is 6.28. The molecular weight excluding hydrogens is 448 g/mol. The molecule has 0 atom stereocenters. The first-order valence-corrected chi connectivity index (χ1v) is 11.1. The van der Waals surface area contributed by atoms with Crippen LogP contribution in [-0.2, 0) is 11.6 Å². The van der Waals surface area contributed by atoms with Crippen LogP contribution in [0.25, 0.3) is 12.2 Å². The Morgan fingerprint density at radius 1 is 0.935 bits per heavy atom. The normalized spacial score (nSPS) is 9.58. The molecule has 0 spiro atoms. The molecule has 0 radical (unpaired) electrons. The van der Waals surface area contributed by atoms with Gasteiger partial charge in [-0.2, -0.15) is 5.10 Å². The first kappa shape index (κ1) is 24.3. The Bertz CT molecular complexity index is 1050. The second-order valence-corrected chi connectivity index (χ2v) is 7.56. The molecule has 4 rings (SSSR count). The molecule has 9 heteroatoms. The van der Waals surface area contributed by atoms with Crippen molar-refractivity contribution in [1.82, 2.24) is 30.4 Å². The Hall–Kier alpha value is -2.94. The third kappa shape index (κ3) is 9.61. The number of nitrogens with one attached hydrogen (secondary N) is 3. The van der Waals surface area contributed by atoms with E-state index in [1.807, 2.05) is 36.4 Å². The molecule has 3 N–H and O–H groups in total. The van der Waals surface area contributed by atoms with E-state index < -0.39 is 0 Å². The van der Waals surface area contributed by atoms with Crippen LogP contribution in [-0.4, -0.2) is 30.4 Å². The summed E-state index contributed by atoms with van der Waals surface area (Å²) in [5.74, 6) is 1.48. The van der Waals surface area contributed by atoms with Gasteiger partial charge < -0.3 is 0 Å². The van der Waals surface area contributed by atoms with Crippen LogP contribution in [0.3, 0.4) is 0 Å². The molecule has 0 amide bonds. The Morgan fingerprint density at radius 3 is 1.94 bits per heavy atom. The number of hydrogen-bond acceptors (Lipinski definition) is 5. The minimum Gasteiger partial charge on any atom is -0.288 e. The predicted molar refractivity (Wildman–Crippen MR) is 132 cm³/mol. The van der Waals surface area contributed by atoms with Gasteiger partial charge in [-0.25, -0.2) is 9.97 Å². The number of rotatable bonds is 6. The number of aromatic amines is 3. The third-order valence-electron chi connectivity index (χ3n) is 3.78. The van der Waals surface area contributed by atoms with Crippen molar-refractivity contribution in [3.63, 3.8) is 0 Å². The van der Waals surface area contributed by atoms with E-state index in [1.54, 1.807) is 11.8 Å². The number of H-pyrrole nitrogens is 3. The van der Waals surface area contributed by atoms with Gasteiger partial charge in [-0.15, -0.1) is 11.6 Å². The lowest BCUT2D eigenvalue weighted by Gasteiger charge is -1.99. The fourth-order valence-corrected chi connectivity index (χ4v) is 3.15. The van der Waals surface area contributed by atoms with Gasteiger partial charge >= 0.3 is 0 Å². The zero-order valence-electron chi connectivity index (χ0n) is 16.8. The summed E-state index contributed by atoms with van der Waals surface area (Å²) in [4.78, 5) is 7.67. The number of alkyl halides is 1. The Kier molecular flexibility index (Phi) is 11.1. The van der Waals surface area contributed by atoms with Crippen LogP contribution in [0.4, 0.5) is 0 Å². The number of hydrogen-bond donors (Lipinski definition) is 3. The second kappa shape index (κ2) is 14.1. The molecule has 0 aliphatic carbocycles. The molecule has 2 heterocycles. The van der Waals surface area contributed by atoms with E-state index >= 15 is 0 Å². The van der Waals surface area contributed by atoms with Gasteiger partial charge in [0.15, 0.2) is 5.16 Å². The highest BCUT2D eigenvalue weighted by Crippen LogP contribution is 2.18. The first-order chi connectivity index (χ1) is 15.1. The average Bonchev–Trinajstić information content (AvgIpc) is 3.53. The van der Waals surface area contributed by atoms with E-state index in [4.69, 9.17) is 11.6 Å². The summed E-state index contributed by atoms with van der Waals surface area (Å²) >= 11 is 11.8. The minimum absolute atomic E-state index is 0.495. The Morgan fingerprint density at radius 2 is 1.55 bits per heavy atom. The van der Waals surface area contributed by atoms with Gasteiger partial charge in [0.1, 0.15) is 12.7 Å². The lowest BCUT2D eigenvalue weighted by atomic mass is 10.1. The summed E-state index contributed by atoms with van der Waals surface area (Å²) in [6, 6.07) is 16.3. The standard InChI is InChI=1S/C11H11N3S.C9H9Cl.C2H3N3S/c1-2-9-3-5-10(6-4-9)7-15-11-12-8-13-14-11;1-2-8-3-5-9(7-10)6-4-8;6-2-3-1-4-5-2/h2-6,8H,1,7H2,(H,12,13,14);2-6H,1,7H2;1H,(H2,3,4,5,6). The molecule has 160 valence electrons. The number of nitrogens with zero attached hydrogens (tertiary/aromatic N) is 3. The van der Waals surface area contributed by atoms with E-state index in [1.165, 1.54) is 18.2 Å². The van der Waals surface area contributed by atoms with E-state index in [0.29, 0.717) is 10.7 Å². The first-order valence-electron chi connectivity index (χ1n) is 9.19. The maximum absolute atomic E-state index is 5.60. The Labute approximate surface area is 195 Å². The van der Waals surface area contributed by atoms with Crippen LogP contribution in [0.5, 0.6) is 0 Å². The molecule has 4 aromatic rings. The Balaban J connectivity index is 0.000000183. The van der Waals surface area contributed by atoms with Crippen molar-refractivity contribution in [3.8, 4) is 0 Å². The van der Waals surface area contributed by atoms with Crippen molar-refractivity contribution < 1.29 is 0 Å². The topological polar surface area (TPSA) is 86.0 Å². The van der Waals surface area contributed by atoms with E-state index in [9.17, 15) is 0 Å². The largest absolute Gasteiger partial charge is 0.288 e. The maximum atomic E-state index is 5.60. The van der Waals surface area contributed by atoms with Crippen molar-refractivity contribution >= 4 is 47.7 Å². The lowest BCUT2D eigenvalue weighted by molar-refractivity contribution is 0.973. The molecular formula is C22H23ClN6S2. The molecule has 0 aliphatic rings. The molecule has 0 bridgehead atoms. The van der Waals surface area contributed by atoms with E-state index in [2.05, 4.69) is 80.0 Å². The zero-order chi connectivity index (χ0) is 22.3. The van der Waals surface area contributed by atoms with E-state index in [0.717, 1.165) is 27.6 Å². The number of thioether (sulfide) groups is 1. The van der Waals surface area contributed by atoms with Gasteiger partial charge in [-0.05, 0) is 34.5 Å². The quantitative estimate of drug-likeness (QED) is 0.175. The third-order valence-corrected chi connectivity index (χ3v) is 5.24. The molecule has 6 nitrogen and oxygen atoms in total. The maximum Gasteiger partial charge on any atom is 0.213 e. The molecule has 0 unspecified atom stereocenters. The number of halogens is 1. The molecule has 0 saturated carbocycles. The van der Waals surface area contributed by atoms with Gasteiger partial charge in [-0.1, -0.05) is 85.6 Å². The molecule has 2 aromatic carbocycles. The van der Waals surface area contributed by atoms with Crippen molar-refractivity contribution in [2.24, 2.45) is 0 Å². The highest BCUT2D eigenvalue weighted by molar-refractivity contribution is 7.98. The van der Waals surface area contributed by atoms with Gasteiger partial charge in [0.2, 0.25) is 4.77 Å². The van der Waals surface area contributed by atoms with E-state index in [-0.39, 0.29) is 0 Å². The van der Waals surface area contributed by atoms with Gasteiger partial charge in [0.25, 0.3) is 0 Å². The van der Waals surface area contributed by atoms with Crippen LogP contribution < -0.4 is 0 Å². The van der Waals surface area contributed by atoms with Crippen LogP contribution in [0.1, 0.15) is 22.3 Å². The molecule has 31 heavy (non-hydrogen) atoms. The van der Waals surface area contributed by atoms with Crippen LogP contribution in [0.15, 0.2) is 79.5 Å². The van der Waals surface area contributed by atoms with Crippen molar-refractivity contribution in [3.05, 3.63) is 101 Å². The fourth-order valence-electron chi connectivity index (χ4n) is 2.13. The SMILES string of the molecule is C=Cc1ccc(CCl)cc1.C=Cc1ccc(CSc2ncn[nH]2)cc1.S=c1nc[nH][nH]1. The summed E-state index contributed by atoms with van der Waals surface area (Å²) in [5.41, 5.74) is 4.69. The monoisotopic (exact) mass is 470 g/mol. The summed E-state index contributed by atoms with van der Waals surface area (Å²) in [7, 11) is 0. The van der Waals surface area contributed by atoms with Crippen LogP contribution in [0.2, 0.25) is 0 Å². The van der Waals surface area contributed by atoms with Crippen LogP contribution in [0, 0.1) is 4.77 Å². The number of benzene rings is 2. The summed E-state index contributed by atoms with van der Waals surface area (Å²) in [6.45, 7) is 7.37. The van der Waals surface area contributed by atoms with Crippen molar-refractivity contribution in [2.75, 3.05) is 0 Å². The lowest BCUT2D eigenvalue weighted by Crippen LogP contribution is -1.82. The van der Waals surface area contributed by atoms with Gasteiger partial charge in [0.05, 0.1) is 0 Å². The summed E-state index contributed by atoms with van der Waals surface area (Å²) in [5, 5.41) is 12.6. The smallest absolute Gasteiger partial charge is 0.213 e. The van der Waals surface area contributed by atoms with Crippen LogP contribution >= 0.6 is 35.6 Å². The molecule has 0 saturated heterocycles. The van der Waals surface area contributed by atoms with Crippen molar-refractivity contribution in [2.45, 2.75) is 16.8 Å². The second-order valence-electron chi connectivity index (χ2n) is 5.94. The van der Waals surface area contributed by atoms with Crippen molar-refractivity contribution in [1.29, 1.82) is 0 Å². The minimum atomic E-state index is 0.495. The summed E-state index contributed by atoms with van der Waals surface area (Å²) in [6.07, 6.45) is 6.68. The highest BCUT2D eigenvalue weighted by Gasteiger charge is 1.98. The molecule has 0 aliphatic heterocycles. The zero-order valence-corrected chi connectivity index (χ0v) is 19.2. The van der Waals surface area contributed by atoms with Gasteiger partial charge in [0, 0.05) is 11.6 Å². The van der Waals surface area contributed by atoms with Gasteiger partial charge in [-0.3, -0.25) is 15.3 Å². The highest BCUT2D eigenvalue weighted by atomic mass is 35.5. The molecule has 0 fully saturated rings. The number of aromatic nitrogens is 6. The average molecular weight is 471 g/mol.